The molecule has 1 aromatic rings. The maximum absolute atomic E-state index is 13.2. The number of benzene rings is 1. The Bertz CT molecular complexity index is 444. The Kier molecular flexibility index (Phi) is 7.07. The lowest BCUT2D eigenvalue weighted by Crippen LogP contribution is -2.18. The van der Waals surface area contributed by atoms with Crippen molar-refractivity contribution in [2.45, 2.75) is 57.0 Å². The van der Waals surface area contributed by atoms with E-state index in [0.717, 1.165) is 13.0 Å². The number of thioether (sulfide) groups is 1. The Balaban J connectivity index is 2.96. The molecule has 0 fully saturated rings. The van der Waals surface area contributed by atoms with Crippen molar-refractivity contribution in [3.8, 4) is 0 Å². The average molecular weight is 319 g/mol. The lowest BCUT2D eigenvalue weighted by Gasteiger charge is -2.18. The van der Waals surface area contributed by atoms with Crippen LogP contribution in [-0.4, -0.2) is 11.8 Å². The second-order valence-corrected chi connectivity index (χ2v) is 7.01. The normalized spacial score (nSPS) is 13.7. The fourth-order valence-corrected chi connectivity index (χ4v) is 2.83. The van der Waals surface area contributed by atoms with Gasteiger partial charge in [-0.3, -0.25) is 0 Å². The maximum atomic E-state index is 13.2. The highest BCUT2D eigenvalue weighted by Crippen LogP contribution is 2.36. The Morgan fingerprint density at radius 1 is 1.19 bits per heavy atom. The second kappa shape index (κ2) is 8.08. The van der Waals surface area contributed by atoms with E-state index in [1.807, 2.05) is 13.8 Å². The van der Waals surface area contributed by atoms with E-state index in [1.165, 1.54) is 17.8 Å². The summed E-state index contributed by atoms with van der Waals surface area (Å²) in [5.41, 5.74) is -0.204. The van der Waals surface area contributed by atoms with Crippen LogP contribution in [0.2, 0.25) is 0 Å². The molecule has 0 amide bonds. The summed E-state index contributed by atoms with van der Waals surface area (Å²) in [6, 6.07) is 4.68. The molecule has 0 bridgehead atoms. The van der Waals surface area contributed by atoms with Crippen LogP contribution in [0.5, 0.6) is 0 Å². The van der Waals surface area contributed by atoms with Crippen molar-refractivity contribution in [1.82, 2.24) is 5.32 Å². The Morgan fingerprint density at radius 2 is 1.86 bits per heavy atom. The molecule has 0 aromatic heterocycles. The molecule has 21 heavy (non-hydrogen) atoms. The topological polar surface area (TPSA) is 12.0 Å². The van der Waals surface area contributed by atoms with Gasteiger partial charge in [0, 0.05) is 16.7 Å². The lowest BCUT2D eigenvalue weighted by atomic mass is 10.1. The van der Waals surface area contributed by atoms with Crippen molar-refractivity contribution >= 4 is 11.8 Å². The third-order valence-corrected chi connectivity index (χ3v) is 4.83. The van der Waals surface area contributed by atoms with E-state index in [-0.39, 0.29) is 11.8 Å². The third kappa shape index (κ3) is 5.91. The molecule has 1 aromatic carbocycles. The van der Waals surface area contributed by atoms with Gasteiger partial charge in [0.05, 0.1) is 5.56 Å². The number of nitrogens with one attached hydrogen (secondary N) is 1. The van der Waals surface area contributed by atoms with Crippen LogP contribution in [0, 0.1) is 5.92 Å². The van der Waals surface area contributed by atoms with Crippen molar-refractivity contribution in [3.63, 3.8) is 0 Å². The van der Waals surface area contributed by atoms with Gasteiger partial charge in [0.1, 0.15) is 0 Å². The molecule has 5 heteroatoms. The summed E-state index contributed by atoms with van der Waals surface area (Å²) in [7, 11) is 0. The number of rotatable bonds is 7. The average Bonchev–Trinajstić information content (AvgIpc) is 2.39. The minimum Gasteiger partial charge on any atom is -0.313 e. The molecule has 0 saturated heterocycles. The van der Waals surface area contributed by atoms with Crippen LogP contribution < -0.4 is 5.32 Å². The maximum Gasteiger partial charge on any atom is 0.416 e. The number of hydrogen-bond acceptors (Lipinski definition) is 2. The quantitative estimate of drug-likeness (QED) is 0.537. The summed E-state index contributed by atoms with van der Waals surface area (Å²) in [5.74, 6) is 0.426. The van der Waals surface area contributed by atoms with Crippen LogP contribution in [0.25, 0.3) is 0 Å². The molecule has 1 rings (SSSR count). The fraction of sp³-hybridized carbons (Fsp3) is 0.625. The van der Waals surface area contributed by atoms with E-state index in [1.54, 1.807) is 12.1 Å². The summed E-state index contributed by atoms with van der Waals surface area (Å²) in [6.45, 7) is 9.16. The first-order chi connectivity index (χ1) is 9.75. The van der Waals surface area contributed by atoms with Crippen LogP contribution in [-0.2, 0) is 12.7 Å². The smallest absolute Gasteiger partial charge is 0.313 e. The van der Waals surface area contributed by atoms with Crippen molar-refractivity contribution in [1.29, 1.82) is 0 Å². The summed E-state index contributed by atoms with van der Waals surface area (Å²) < 4.78 is 39.6. The molecule has 1 N–H and O–H groups in total. The van der Waals surface area contributed by atoms with Gasteiger partial charge < -0.3 is 5.32 Å². The van der Waals surface area contributed by atoms with Crippen molar-refractivity contribution < 1.29 is 13.2 Å². The molecule has 1 unspecified atom stereocenters. The van der Waals surface area contributed by atoms with Gasteiger partial charge in [0.2, 0.25) is 0 Å². The highest BCUT2D eigenvalue weighted by molar-refractivity contribution is 8.00. The number of alkyl halides is 3. The van der Waals surface area contributed by atoms with Crippen LogP contribution >= 0.6 is 11.8 Å². The Labute approximate surface area is 129 Å². The van der Waals surface area contributed by atoms with Gasteiger partial charge in [-0.2, -0.15) is 13.2 Å². The zero-order chi connectivity index (χ0) is 16.0. The highest BCUT2D eigenvalue weighted by Gasteiger charge is 2.33. The van der Waals surface area contributed by atoms with Crippen molar-refractivity contribution in [2.24, 2.45) is 5.92 Å². The summed E-state index contributed by atoms with van der Waals surface area (Å²) in [5, 5.41) is 3.32. The highest BCUT2D eigenvalue weighted by atomic mass is 32.2. The third-order valence-electron chi connectivity index (χ3n) is 3.39. The second-order valence-electron chi connectivity index (χ2n) is 5.56. The molecule has 0 radical (unpaired) electrons. The van der Waals surface area contributed by atoms with Gasteiger partial charge in [-0.15, -0.1) is 11.8 Å². The van der Waals surface area contributed by atoms with E-state index in [0.29, 0.717) is 16.4 Å². The van der Waals surface area contributed by atoms with Gasteiger partial charge in [-0.05, 0) is 36.6 Å². The van der Waals surface area contributed by atoms with Gasteiger partial charge >= 0.3 is 6.18 Å². The van der Waals surface area contributed by atoms with Gasteiger partial charge in [-0.1, -0.05) is 33.8 Å². The molecule has 0 heterocycles. The first-order valence-electron chi connectivity index (χ1n) is 7.33. The number of halogens is 3. The van der Waals surface area contributed by atoms with Gasteiger partial charge in [0.25, 0.3) is 0 Å². The first-order valence-corrected chi connectivity index (χ1v) is 8.21. The molecule has 0 aliphatic rings. The van der Waals surface area contributed by atoms with Gasteiger partial charge in [0.15, 0.2) is 0 Å². The van der Waals surface area contributed by atoms with Crippen molar-refractivity contribution in [2.75, 3.05) is 6.54 Å². The molecule has 120 valence electrons. The van der Waals surface area contributed by atoms with E-state index in [9.17, 15) is 13.2 Å². The Hall–Kier alpha value is -0.680. The molecule has 1 nitrogen and oxygen atoms in total. The zero-order valence-electron chi connectivity index (χ0n) is 13.1. The minimum absolute atomic E-state index is 0.257. The van der Waals surface area contributed by atoms with E-state index < -0.39 is 11.7 Å². The number of hydrogen-bond donors (Lipinski definition) is 1. The van der Waals surface area contributed by atoms with Crippen LogP contribution in [0.1, 0.15) is 45.2 Å². The van der Waals surface area contributed by atoms with Crippen molar-refractivity contribution in [3.05, 3.63) is 29.3 Å². The molecule has 0 aliphatic carbocycles. The predicted molar refractivity (Wildman–Crippen MR) is 83.6 cm³/mol. The Morgan fingerprint density at radius 3 is 2.38 bits per heavy atom. The van der Waals surface area contributed by atoms with Crippen LogP contribution in [0.15, 0.2) is 23.1 Å². The molecule has 0 spiro atoms. The molecule has 1 atom stereocenters. The van der Waals surface area contributed by atoms with Crippen LogP contribution in [0.3, 0.4) is 0 Å². The van der Waals surface area contributed by atoms with Crippen LogP contribution in [0.4, 0.5) is 13.2 Å². The molecule has 0 saturated carbocycles. The van der Waals surface area contributed by atoms with E-state index in [2.05, 4.69) is 19.2 Å². The minimum atomic E-state index is -4.30. The summed E-state index contributed by atoms with van der Waals surface area (Å²) in [6.07, 6.45) is -3.40. The molecular formula is C16H24F3NS. The monoisotopic (exact) mass is 319 g/mol. The van der Waals surface area contributed by atoms with E-state index >= 15 is 0 Å². The molecule has 0 aliphatic heterocycles. The fourth-order valence-electron chi connectivity index (χ4n) is 1.80. The largest absolute Gasteiger partial charge is 0.416 e. The predicted octanol–water partition coefficient (Wildman–Crippen LogP) is 5.34. The van der Waals surface area contributed by atoms with Gasteiger partial charge in [-0.25, -0.2) is 0 Å². The van der Waals surface area contributed by atoms with E-state index in [4.69, 9.17) is 0 Å². The standard InChI is InChI=1S/C16H24F3NS/c1-5-8-20-10-13-6-7-14(21-12(4)11(2)3)9-15(13)16(17,18)19/h6-7,9,11-12,20H,5,8,10H2,1-4H3. The molecular weight excluding hydrogens is 295 g/mol. The first kappa shape index (κ1) is 18.4. The SMILES string of the molecule is CCCNCc1ccc(SC(C)C(C)C)cc1C(F)(F)F. The summed E-state index contributed by atoms with van der Waals surface area (Å²) >= 11 is 1.50. The lowest BCUT2D eigenvalue weighted by molar-refractivity contribution is -0.138. The zero-order valence-corrected chi connectivity index (χ0v) is 13.9. The summed E-state index contributed by atoms with van der Waals surface area (Å²) in [4.78, 5) is 0.683.